The Morgan fingerprint density at radius 1 is 1.25 bits per heavy atom. The molecule has 4 nitrogen and oxygen atoms in total. The van der Waals surface area contributed by atoms with Crippen LogP contribution < -0.4 is 9.47 Å². The topological polar surface area (TPSA) is 48.4 Å². The first-order chi connectivity index (χ1) is 13.4. The van der Waals surface area contributed by atoms with Crippen molar-refractivity contribution in [2.75, 3.05) is 0 Å². The van der Waals surface area contributed by atoms with Gasteiger partial charge in [-0.15, -0.1) is 0 Å². The van der Waals surface area contributed by atoms with Crippen molar-refractivity contribution in [1.29, 1.82) is 0 Å². The van der Waals surface area contributed by atoms with E-state index in [-0.39, 0.29) is 5.97 Å². The maximum atomic E-state index is 11.8. The summed E-state index contributed by atoms with van der Waals surface area (Å²) in [6.45, 7) is 7.87. The fourth-order valence-corrected chi connectivity index (χ4v) is 4.81. The van der Waals surface area contributed by atoms with Crippen LogP contribution in [0.3, 0.4) is 0 Å². The number of fused-ring (bicyclic) bond motifs is 3. The van der Waals surface area contributed by atoms with Gasteiger partial charge in [-0.2, -0.15) is 0 Å². The number of carbonyl (C=O) groups is 1. The summed E-state index contributed by atoms with van der Waals surface area (Å²) in [5, 5.41) is 0. The Kier molecular flexibility index (Phi) is 4.90. The Labute approximate surface area is 167 Å². The van der Waals surface area contributed by atoms with Crippen LogP contribution in [0.2, 0.25) is 0 Å². The molecular formula is C24H29NO3. The molecule has 0 spiro atoms. The minimum Gasteiger partial charge on any atom is -0.482 e. The molecule has 1 atom stereocenters. The molecule has 0 bridgehead atoms. The van der Waals surface area contributed by atoms with E-state index in [1.807, 2.05) is 18.3 Å². The molecule has 2 heterocycles. The second kappa shape index (κ2) is 7.23. The minimum absolute atomic E-state index is 0.319. The molecule has 4 heteroatoms. The highest BCUT2D eigenvalue weighted by molar-refractivity contribution is 5.84. The summed E-state index contributed by atoms with van der Waals surface area (Å²) < 4.78 is 12.1. The third-order valence-electron chi connectivity index (χ3n) is 6.33. The molecule has 1 fully saturated rings. The van der Waals surface area contributed by atoms with Crippen molar-refractivity contribution in [2.45, 2.75) is 71.3 Å². The highest BCUT2D eigenvalue weighted by Gasteiger charge is 2.36. The van der Waals surface area contributed by atoms with Crippen LogP contribution in [-0.2, 0) is 10.4 Å². The van der Waals surface area contributed by atoms with E-state index in [0.29, 0.717) is 17.6 Å². The zero-order valence-corrected chi connectivity index (χ0v) is 17.2. The summed E-state index contributed by atoms with van der Waals surface area (Å²) in [4.78, 5) is 16.2. The average Bonchev–Trinajstić information content (AvgIpc) is 2.67. The maximum Gasteiger partial charge on any atom is 0.308 e. The molecule has 1 unspecified atom stereocenters. The van der Waals surface area contributed by atoms with Crippen molar-refractivity contribution in [3.63, 3.8) is 0 Å². The zero-order chi connectivity index (χ0) is 19.9. The number of benzene rings is 1. The first kappa shape index (κ1) is 19.0. The van der Waals surface area contributed by atoms with Gasteiger partial charge in [0.25, 0.3) is 0 Å². The second-order valence-electron chi connectivity index (χ2n) is 8.71. The number of rotatable bonds is 3. The molecule has 28 heavy (non-hydrogen) atoms. The van der Waals surface area contributed by atoms with Gasteiger partial charge >= 0.3 is 5.97 Å². The molecular weight excluding hydrogens is 350 g/mol. The van der Waals surface area contributed by atoms with E-state index in [0.717, 1.165) is 22.4 Å². The van der Waals surface area contributed by atoms with Gasteiger partial charge in [0.05, 0.1) is 5.56 Å². The Morgan fingerprint density at radius 3 is 2.71 bits per heavy atom. The molecule has 0 amide bonds. The molecule has 2 aromatic rings. The zero-order valence-electron chi connectivity index (χ0n) is 17.2. The van der Waals surface area contributed by atoms with Gasteiger partial charge in [-0.05, 0) is 62.3 Å². The number of ether oxygens (including phenoxy) is 2. The van der Waals surface area contributed by atoms with E-state index in [4.69, 9.17) is 9.47 Å². The Morgan fingerprint density at radius 2 is 2.00 bits per heavy atom. The smallest absolute Gasteiger partial charge is 0.308 e. The van der Waals surface area contributed by atoms with E-state index in [9.17, 15) is 4.79 Å². The van der Waals surface area contributed by atoms with E-state index in [1.54, 1.807) is 6.20 Å². The van der Waals surface area contributed by atoms with E-state index < -0.39 is 5.60 Å². The predicted octanol–water partition coefficient (Wildman–Crippen LogP) is 5.99. The molecule has 1 saturated carbocycles. The molecule has 1 aromatic carbocycles. The average molecular weight is 380 g/mol. The van der Waals surface area contributed by atoms with Crippen molar-refractivity contribution in [3.05, 3.63) is 41.7 Å². The van der Waals surface area contributed by atoms with Crippen LogP contribution in [0.4, 0.5) is 0 Å². The normalized spacial score (nSPS) is 19.1. The first-order valence-corrected chi connectivity index (χ1v) is 10.4. The van der Waals surface area contributed by atoms with E-state index in [1.165, 1.54) is 44.6 Å². The largest absolute Gasteiger partial charge is 0.482 e. The van der Waals surface area contributed by atoms with Gasteiger partial charge < -0.3 is 9.47 Å². The number of nitrogens with zero attached hydrogens (tertiary/aromatic N) is 1. The lowest BCUT2D eigenvalue weighted by molar-refractivity contribution is -0.131. The molecule has 148 valence electrons. The summed E-state index contributed by atoms with van der Waals surface area (Å²) in [5.74, 6) is 2.11. The van der Waals surface area contributed by atoms with E-state index in [2.05, 4.69) is 31.8 Å². The highest BCUT2D eigenvalue weighted by atomic mass is 16.5. The molecule has 1 aromatic heterocycles. The van der Waals surface area contributed by atoms with Crippen LogP contribution in [0, 0.1) is 5.92 Å². The number of hydrogen-bond donors (Lipinski definition) is 0. The number of carbonyl (C=O) groups excluding carboxylic acids is 1. The molecule has 0 radical (unpaired) electrons. The van der Waals surface area contributed by atoms with Crippen LogP contribution in [0.1, 0.15) is 76.8 Å². The Hall–Kier alpha value is -2.36. The van der Waals surface area contributed by atoms with Gasteiger partial charge in [0.2, 0.25) is 0 Å². The SMILES string of the molecule is CC(=O)Oc1cc(C(C)C2CCCCC2)cc2c1-c1cnccc1C(C)(C)O2. The third-order valence-corrected chi connectivity index (χ3v) is 6.33. The van der Waals surface area contributed by atoms with Crippen LogP contribution in [0.25, 0.3) is 11.1 Å². The van der Waals surface area contributed by atoms with Gasteiger partial charge in [-0.3, -0.25) is 9.78 Å². The standard InChI is InChI=1S/C24H29NO3/c1-15(17-8-6-5-7-9-17)18-12-21(27-16(2)26)23-19-14-25-11-10-20(19)24(3,4)28-22(23)13-18/h10-15,17H,5-9H2,1-4H3. The van der Waals surface area contributed by atoms with Crippen LogP contribution in [0.5, 0.6) is 11.5 Å². The van der Waals surface area contributed by atoms with Gasteiger partial charge in [-0.25, -0.2) is 0 Å². The lowest BCUT2D eigenvalue weighted by Crippen LogP contribution is -2.30. The summed E-state index contributed by atoms with van der Waals surface area (Å²) in [7, 11) is 0. The molecule has 0 N–H and O–H groups in total. The van der Waals surface area contributed by atoms with E-state index >= 15 is 0 Å². The monoisotopic (exact) mass is 379 g/mol. The quantitative estimate of drug-likeness (QED) is 0.486. The van der Waals surface area contributed by atoms with Crippen molar-refractivity contribution >= 4 is 5.97 Å². The maximum absolute atomic E-state index is 11.8. The lowest BCUT2D eigenvalue weighted by Gasteiger charge is -2.36. The summed E-state index contributed by atoms with van der Waals surface area (Å²) in [5.41, 5.74) is 3.58. The Bertz CT molecular complexity index is 897. The summed E-state index contributed by atoms with van der Waals surface area (Å²) >= 11 is 0. The van der Waals surface area contributed by atoms with Gasteiger partial charge in [0, 0.05) is 30.4 Å². The number of hydrogen-bond acceptors (Lipinski definition) is 4. The van der Waals surface area contributed by atoms with Crippen LogP contribution in [-0.4, -0.2) is 11.0 Å². The third kappa shape index (κ3) is 3.41. The second-order valence-corrected chi connectivity index (χ2v) is 8.71. The minimum atomic E-state index is -0.467. The van der Waals surface area contributed by atoms with Gasteiger partial charge in [0.1, 0.15) is 17.1 Å². The molecule has 4 rings (SSSR count). The van der Waals surface area contributed by atoms with Crippen molar-refractivity contribution < 1.29 is 14.3 Å². The molecule has 0 saturated heterocycles. The van der Waals surface area contributed by atoms with Crippen molar-refractivity contribution in [3.8, 4) is 22.6 Å². The van der Waals surface area contributed by atoms with Gasteiger partial charge in [-0.1, -0.05) is 26.2 Å². The molecule has 2 aliphatic rings. The lowest BCUT2D eigenvalue weighted by atomic mass is 9.77. The fraction of sp³-hybridized carbons (Fsp3) is 0.500. The van der Waals surface area contributed by atoms with Crippen molar-refractivity contribution in [2.24, 2.45) is 5.92 Å². The first-order valence-electron chi connectivity index (χ1n) is 10.4. The number of esters is 1. The number of aromatic nitrogens is 1. The Balaban J connectivity index is 1.84. The fourth-order valence-electron chi connectivity index (χ4n) is 4.81. The van der Waals surface area contributed by atoms with Crippen molar-refractivity contribution in [1.82, 2.24) is 4.98 Å². The van der Waals surface area contributed by atoms with Gasteiger partial charge in [0.15, 0.2) is 0 Å². The van der Waals surface area contributed by atoms with Crippen LogP contribution >= 0.6 is 0 Å². The highest BCUT2D eigenvalue weighted by Crippen LogP contribution is 2.51. The summed E-state index contributed by atoms with van der Waals surface area (Å²) in [6.07, 6.45) is 10.1. The molecule has 1 aliphatic carbocycles. The summed E-state index contributed by atoms with van der Waals surface area (Å²) in [6, 6.07) is 6.17. The number of pyridine rings is 1. The van der Waals surface area contributed by atoms with Crippen LogP contribution in [0.15, 0.2) is 30.6 Å². The molecule has 1 aliphatic heterocycles. The predicted molar refractivity (Wildman–Crippen MR) is 110 cm³/mol.